The van der Waals surface area contributed by atoms with E-state index in [0.29, 0.717) is 34.2 Å². The van der Waals surface area contributed by atoms with Crippen LogP contribution in [0.2, 0.25) is 5.02 Å². The standard InChI is InChI=1S/C26H33ClN2O4/c1-14(2)8-16-10-19(11-16)26-24(17-5-6-17)25(29-33-26)18(13-23(31)32)12-22(30)28-21-9-15(3)4-7-20(21)27/h4,7,9,14,16-19H,5-6,8,10-13H2,1-3H3,(H,28,30)(H,31,32)/t16-,18-,19-/m1/s1. The summed E-state index contributed by atoms with van der Waals surface area (Å²) in [5, 5.41) is 17.2. The Morgan fingerprint density at radius 1 is 1.21 bits per heavy atom. The maximum absolute atomic E-state index is 12.9. The zero-order chi connectivity index (χ0) is 23.7. The fourth-order valence-electron chi connectivity index (χ4n) is 5.14. The van der Waals surface area contributed by atoms with Crippen LogP contribution in [-0.4, -0.2) is 22.1 Å². The first-order chi connectivity index (χ1) is 15.7. The predicted octanol–water partition coefficient (Wildman–Crippen LogP) is 6.64. The van der Waals surface area contributed by atoms with Crippen molar-refractivity contribution >= 4 is 29.2 Å². The smallest absolute Gasteiger partial charge is 0.304 e. The minimum absolute atomic E-state index is 0.0168. The van der Waals surface area contributed by atoms with Crippen molar-refractivity contribution in [1.29, 1.82) is 0 Å². The van der Waals surface area contributed by atoms with E-state index in [1.54, 1.807) is 12.1 Å². The minimum Gasteiger partial charge on any atom is -0.481 e. The molecule has 7 heteroatoms. The topological polar surface area (TPSA) is 92.4 Å². The number of halogens is 1. The predicted molar refractivity (Wildman–Crippen MR) is 128 cm³/mol. The molecule has 0 bridgehead atoms. The number of hydrogen-bond acceptors (Lipinski definition) is 4. The average molecular weight is 473 g/mol. The van der Waals surface area contributed by atoms with Crippen molar-refractivity contribution in [3.63, 3.8) is 0 Å². The van der Waals surface area contributed by atoms with Crippen molar-refractivity contribution in [3.8, 4) is 0 Å². The fraction of sp³-hybridized carbons (Fsp3) is 0.577. The van der Waals surface area contributed by atoms with Crippen LogP contribution < -0.4 is 5.32 Å². The van der Waals surface area contributed by atoms with Crippen molar-refractivity contribution in [3.05, 3.63) is 45.8 Å². The van der Waals surface area contributed by atoms with Crippen LogP contribution in [0.15, 0.2) is 22.7 Å². The number of carboxylic acid groups (broad SMARTS) is 1. The van der Waals surface area contributed by atoms with Crippen molar-refractivity contribution in [2.75, 3.05) is 5.32 Å². The van der Waals surface area contributed by atoms with E-state index in [4.69, 9.17) is 16.1 Å². The normalized spacial score (nSPS) is 21.0. The van der Waals surface area contributed by atoms with E-state index in [1.165, 1.54) is 6.42 Å². The van der Waals surface area contributed by atoms with Gasteiger partial charge in [0.05, 0.1) is 22.8 Å². The first-order valence-corrected chi connectivity index (χ1v) is 12.4. The van der Waals surface area contributed by atoms with Crippen LogP contribution in [0.3, 0.4) is 0 Å². The second kappa shape index (κ2) is 9.88. The first-order valence-electron chi connectivity index (χ1n) is 12.0. The molecular formula is C26H33ClN2O4. The van der Waals surface area contributed by atoms with Gasteiger partial charge in [-0.1, -0.05) is 36.7 Å². The molecule has 0 radical (unpaired) electrons. The summed E-state index contributed by atoms with van der Waals surface area (Å²) in [6.45, 7) is 6.42. The number of benzene rings is 1. The quantitative estimate of drug-likeness (QED) is 0.404. The Morgan fingerprint density at radius 3 is 2.58 bits per heavy atom. The highest BCUT2D eigenvalue weighted by Gasteiger charge is 2.42. The van der Waals surface area contributed by atoms with Crippen molar-refractivity contribution < 1.29 is 19.2 Å². The average Bonchev–Trinajstić information content (AvgIpc) is 3.44. The van der Waals surface area contributed by atoms with Gasteiger partial charge in [-0.25, -0.2) is 0 Å². The molecule has 2 aliphatic rings. The lowest BCUT2D eigenvalue weighted by atomic mass is 9.69. The van der Waals surface area contributed by atoms with Gasteiger partial charge in [-0.3, -0.25) is 9.59 Å². The molecule has 2 N–H and O–H groups in total. The molecule has 2 aromatic rings. The molecule has 6 nitrogen and oxygen atoms in total. The third kappa shape index (κ3) is 5.78. The summed E-state index contributed by atoms with van der Waals surface area (Å²) < 4.78 is 5.86. The number of carbonyl (C=O) groups is 2. The maximum Gasteiger partial charge on any atom is 0.304 e. The summed E-state index contributed by atoms with van der Waals surface area (Å²) in [5.41, 5.74) is 3.25. The lowest BCUT2D eigenvalue weighted by Crippen LogP contribution is -2.24. The number of nitrogens with zero attached hydrogens (tertiary/aromatic N) is 1. The van der Waals surface area contributed by atoms with Crippen LogP contribution in [0.25, 0.3) is 0 Å². The number of anilines is 1. The van der Waals surface area contributed by atoms with E-state index in [1.807, 2.05) is 13.0 Å². The summed E-state index contributed by atoms with van der Waals surface area (Å²) in [7, 11) is 0. The number of aromatic nitrogens is 1. The first kappa shape index (κ1) is 23.8. The molecule has 0 saturated heterocycles. The lowest BCUT2D eigenvalue weighted by molar-refractivity contribution is -0.137. The third-order valence-corrected chi connectivity index (χ3v) is 7.15. The molecule has 2 aliphatic carbocycles. The number of nitrogens with one attached hydrogen (secondary N) is 1. The molecule has 33 heavy (non-hydrogen) atoms. The Balaban J connectivity index is 1.52. The molecule has 1 atom stereocenters. The minimum atomic E-state index is -0.951. The van der Waals surface area contributed by atoms with Gasteiger partial charge in [-0.15, -0.1) is 0 Å². The van der Waals surface area contributed by atoms with Gasteiger partial charge in [0, 0.05) is 23.8 Å². The van der Waals surface area contributed by atoms with Crippen LogP contribution >= 0.6 is 11.6 Å². The molecule has 0 unspecified atom stereocenters. The number of aliphatic carboxylic acids is 1. The molecule has 4 rings (SSSR count). The van der Waals surface area contributed by atoms with E-state index in [0.717, 1.165) is 48.5 Å². The number of hydrogen-bond donors (Lipinski definition) is 2. The summed E-state index contributed by atoms with van der Waals surface area (Å²) in [6.07, 6.45) is 5.40. The fourth-order valence-corrected chi connectivity index (χ4v) is 5.30. The Labute approximate surface area is 200 Å². The molecule has 1 heterocycles. The largest absolute Gasteiger partial charge is 0.481 e. The van der Waals surface area contributed by atoms with E-state index < -0.39 is 11.9 Å². The zero-order valence-corrected chi connectivity index (χ0v) is 20.3. The molecule has 1 aromatic heterocycles. The lowest BCUT2D eigenvalue weighted by Gasteiger charge is -2.35. The zero-order valence-electron chi connectivity index (χ0n) is 19.6. The van der Waals surface area contributed by atoms with E-state index in [-0.39, 0.29) is 18.7 Å². The highest BCUT2D eigenvalue weighted by Crippen LogP contribution is 2.52. The van der Waals surface area contributed by atoms with Gasteiger partial charge in [0.2, 0.25) is 5.91 Å². The third-order valence-electron chi connectivity index (χ3n) is 6.82. The second-order valence-electron chi connectivity index (χ2n) is 10.3. The summed E-state index contributed by atoms with van der Waals surface area (Å²) >= 11 is 6.22. The van der Waals surface area contributed by atoms with E-state index in [2.05, 4.69) is 24.3 Å². The van der Waals surface area contributed by atoms with Crippen LogP contribution in [0.1, 0.15) is 99.1 Å². The van der Waals surface area contributed by atoms with Gasteiger partial charge in [-0.05, 0) is 74.5 Å². The highest BCUT2D eigenvalue weighted by atomic mass is 35.5. The number of carboxylic acids is 1. The van der Waals surface area contributed by atoms with Crippen molar-refractivity contribution in [1.82, 2.24) is 5.16 Å². The molecule has 1 aromatic carbocycles. The second-order valence-corrected chi connectivity index (χ2v) is 10.7. The van der Waals surface area contributed by atoms with Gasteiger partial charge < -0.3 is 14.9 Å². The van der Waals surface area contributed by atoms with Crippen molar-refractivity contribution in [2.45, 2.75) is 83.5 Å². The summed E-state index contributed by atoms with van der Waals surface area (Å²) in [5.74, 6) is 1.30. The number of aryl methyl sites for hydroxylation is 1. The number of carbonyl (C=O) groups excluding carboxylic acids is 1. The molecule has 2 saturated carbocycles. The Hall–Kier alpha value is -2.34. The number of rotatable bonds is 10. The molecular weight excluding hydrogens is 440 g/mol. The highest BCUT2D eigenvalue weighted by molar-refractivity contribution is 6.33. The van der Waals surface area contributed by atoms with Crippen molar-refractivity contribution in [2.24, 2.45) is 11.8 Å². The molecule has 0 aliphatic heterocycles. The molecule has 0 spiro atoms. The molecule has 2 fully saturated rings. The molecule has 178 valence electrons. The van der Waals surface area contributed by atoms with Crippen LogP contribution in [0.4, 0.5) is 5.69 Å². The summed E-state index contributed by atoms with van der Waals surface area (Å²) in [6, 6.07) is 5.41. The Bertz CT molecular complexity index is 1020. The van der Waals surface area contributed by atoms with Gasteiger partial charge >= 0.3 is 5.97 Å². The Morgan fingerprint density at radius 2 is 1.94 bits per heavy atom. The monoisotopic (exact) mass is 472 g/mol. The van der Waals surface area contributed by atoms with Gasteiger partial charge in [0.25, 0.3) is 0 Å². The van der Waals surface area contributed by atoms with Gasteiger partial charge in [0.15, 0.2) is 0 Å². The van der Waals surface area contributed by atoms with E-state index >= 15 is 0 Å². The number of amides is 1. The van der Waals surface area contributed by atoms with Crippen LogP contribution in [0, 0.1) is 18.8 Å². The molecule has 1 amide bonds. The van der Waals surface area contributed by atoms with Gasteiger partial charge in [-0.2, -0.15) is 0 Å². The van der Waals surface area contributed by atoms with Crippen LogP contribution in [0.5, 0.6) is 0 Å². The summed E-state index contributed by atoms with van der Waals surface area (Å²) in [4.78, 5) is 24.5. The SMILES string of the molecule is Cc1ccc(Cl)c(NC(=O)C[C@H](CC(=O)O)c2noc([C@H]3C[C@H](CC(C)C)C3)c2C2CC2)c1. The van der Waals surface area contributed by atoms with E-state index in [9.17, 15) is 14.7 Å². The van der Waals surface area contributed by atoms with Gasteiger partial charge in [0.1, 0.15) is 5.76 Å². The Kier molecular flexibility index (Phi) is 7.13. The van der Waals surface area contributed by atoms with Crippen LogP contribution in [-0.2, 0) is 9.59 Å². The maximum atomic E-state index is 12.9.